The van der Waals surface area contributed by atoms with Gasteiger partial charge in [0.2, 0.25) is 0 Å². The van der Waals surface area contributed by atoms with Crippen molar-refractivity contribution >= 4 is 34.8 Å². The summed E-state index contributed by atoms with van der Waals surface area (Å²) in [5, 5.41) is 6.24. The fourth-order valence-corrected chi connectivity index (χ4v) is 3.01. The van der Waals surface area contributed by atoms with Crippen LogP contribution >= 0.6 is 11.6 Å². The third kappa shape index (κ3) is 6.38. The second-order valence-electron chi connectivity index (χ2n) is 6.78. The Morgan fingerprint density at radius 2 is 1.48 bits per heavy atom. The first-order valence-electron chi connectivity index (χ1n) is 9.15. The summed E-state index contributed by atoms with van der Waals surface area (Å²) in [6, 6.07) is 14.9. The first-order valence-corrected chi connectivity index (χ1v) is 9.53. The molecule has 0 radical (unpaired) electrons. The summed E-state index contributed by atoms with van der Waals surface area (Å²) < 4.78 is 0. The van der Waals surface area contributed by atoms with Crippen molar-refractivity contribution in [1.82, 2.24) is 0 Å². The molecule has 5 nitrogen and oxygen atoms in total. The number of para-hydroxylation sites is 2. The van der Waals surface area contributed by atoms with Crippen LogP contribution in [0.1, 0.15) is 31.7 Å². The molecule has 0 bridgehead atoms. The Hall–Kier alpha value is -2.37. The van der Waals surface area contributed by atoms with Gasteiger partial charge in [-0.3, -0.25) is 9.59 Å². The van der Waals surface area contributed by atoms with Gasteiger partial charge in [-0.15, -0.1) is 0 Å². The Labute approximate surface area is 165 Å². The molecule has 0 heterocycles. The number of benzene rings is 2. The van der Waals surface area contributed by atoms with Crippen molar-refractivity contribution in [3.8, 4) is 0 Å². The molecule has 3 N–H and O–H groups in total. The highest BCUT2D eigenvalue weighted by atomic mass is 35.5. The Bertz CT molecular complexity index is 795. The minimum atomic E-state index is -0.187. The van der Waals surface area contributed by atoms with Crippen LogP contribution in [0.4, 0.5) is 11.4 Å². The van der Waals surface area contributed by atoms with Gasteiger partial charge in [0.05, 0.1) is 17.8 Å². The zero-order valence-electron chi connectivity index (χ0n) is 16.0. The number of hydrogen-bond donors (Lipinski definition) is 3. The molecular weight excluding hydrogens is 362 g/mol. The van der Waals surface area contributed by atoms with Crippen molar-refractivity contribution in [3.63, 3.8) is 0 Å². The van der Waals surface area contributed by atoms with Crippen LogP contribution in [0.3, 0.4) is 0 Å². The lowest BCUT2D eigenvalue weighted by Crippen LogP contribution is -3.11. The summed E-state index contributed by atoms with van der Waals surface area (Å²) in [7, 11) is 1.81. The molecule has 0 aliphatic carbocycles. The van der Waals surface area contributed by atoms with Gasteiger partial charge in [-0.05, 0) is 36.1 Å². The fraction of sp³-hybridized carbons (Fsp3) is 0.333. The number of carbonyl (C=O) groups is 2. The highest BCUT2D eigenvalue weighted by Gasteiger charge is 2.17. The molecular formula is C21H27ClN3O2+. The molecule has 2 rings (SSSR count). The summed E-state index contributed by atoms with van der Waals surface area (Å²) in [6.07, 6.45) is 1.00. The van der Waals surface area contributed by atoms with Gasteiger partial charge in [-0.1, -0.05) is 55.8 Å². The van der Waals surface area contributed by atoms with Crippen LogP contribution in [0, 0.1) is 0 Å². The number of anilines is 2. The van der Waals surface area contributed by atoms with Crippen molar-refractivity contribution in [1.29, 1.82) is 0 Å². The molecule has 2 aromatic rings. The van der Waals surface area contributed by atoms with Crippen LogP contribution in [0.2, 0.25) is 5.02 Å². The van der Waals surface area contributed by atoms with E-state index in [0.717, 1.165) is 22.6 Å². The fourth-order valence-electron chi connectivity index (χ4n) is 2.82. The Balaban J connectivity index is 1.89. The van der Waals surface area contributed by atoms with Gasteiger partial charge in [0.15, 0.2) is 13.1 Å². The Kier molecular flexibility index (Phi) is 7.82. The second-order valence-corrected chi connectivity index (χ2v) is 7.19. The van der Waals surface area contributed by atoms with Crippen LogP contribution in [-0.4, -0.2) is 32.0 Å². The maximum Gasteiger partial charge on any atom is 0.279 e. The van der Waals surface area contributed by atoms with Crippen molar-refractivity contribution in [2.24, 2.45) is 0 Å². The predicted octanol–water partition coefficient (Wildman–Crippen LogP) is 2.95. The average molecular weight is 389 g/mol. The number of amides is 2. The van der Waals surface area contributed by atoms with E-state index >= 15 is 0 Å². The minimum Gasteiger partial charge on any atom is -0.322 e. The summed E-state index contributed by atoms with van der Waals surface area (Å²) >= 11 is 6.05. The zero-order valence-corrected chi connectivity index (χ0v) is 16.8. The highest BCUT2D eigenvalue weighted by molar-refractivity contribution is 6.33. The van der Waals surface area contributed by atoms with E-state index in [1.807, 2.05) is 31.3 Å². The van der Waals surface area contributed by atoms with Gasteiger partial charge in [0, 0.05) is 5.69 Å². The lowest BCUT2D eigenvalue weighted by molar-refractivity contribution is -0.862. The summed E-state index contributed by atoms with van der Waals surface area (Å²) in [4.78, 5) is 25.4. The standard InChI is InChI=1S/C21H26ClN3O2/c1-4-15(2)16-9-5-7-11-18(16)23-20(26)13-25(3)14-21(27)24-19-12-8-6-10-17(19)22/h5-12,15H,4,13-14H2,1-3H3,(H,23,26)(H,24,27)/p+1/t15-/m0/s1. The van der Waals surface area contributed by atoms with E-state index in [-0.39, 0.29) is 24.9 Å². The van der Waals surface area contributed by atoms with Crippen molar-refractivity contribution in [3.05, 3.63) is 59.1 Å². The molecule has 2 aromatic carbocycles. The molecule has 6 heteroatoms. The van der Waals surface area contributed by atoms with Gasteiger partial charge in [-0.2, -0.15) is 0 Å². The lowest BCUT2D eigenvalue weighted by atomic mass is 9.97. The topological polar surface area (TPSA) is 62.6 Å². The van der Waals surface area contributed by atoms with E-state index in [4.69, 9.17) is 11.6 Å². The minimum absolute atomic E-state index is 0.117. The number of likely N-dealkylation sites (N-methyl/N-ethyl adjacent to an activating group) is 1. The molecule has 0 saturated carbocycles. The third-order valence-corrected chi connectivity index (χ3v) is 4.78. The van der Waals surface area contributed by atoms with Crippen LogP contribution < -0.4 is 15.5 Å². The molecule has 0 aliphatic rings. The van der Waals surface area contributed by atoms with E-state index in [1.165, 1.54) is 0 Å². The van der Waals surface area contributed by atoms with Crippen LogP contribution in [0.5, 0.6) is 0 Å². The third-order valence-electron chi connectivity index (χ3n) is 4.45. The molecule has 0 saturated heterocycles. The maximum atomic E-state index is 12.4. The van der Waals surface area contributed by atoms with E-state index in [9.17, 15) is 9.59 Å². The predicted molar refractivity (Wildman–Crippen MR) is 110 cm³/mol. The molecule has 27 heavy (non-hydrogen) atoms. The molecule has 0 fully saturated rings. The zero-order chi connectivity index (χ0) is 19.8. The molecule has 144 valence electrons. The molecule has 1 unspecified atom stereocenters. The number of hydrogen-bond acceptors (Lipinski definition) is 2. The lowest BCUT2D eigenvalue weighted by Gasteiger charge is -2.17. The molecule has 2 amide bonds. The van der Waals surface area contributed by atoms with E-state index in [1.54, 1.807) is 24.3 Å². The van der Waals surface area contributed by atoms with Crippen molar-refractivity contribution < 1.29 is 14.5 Å². The largest absolute Gasteiger partial charge is 0.322 e. The SMILES string of the molecule is CC[C@H](C)c1ccccc1NC(=O)C[NH+](C)CC(=O)Nc1ccccc1Cl. The monoisotopic (exact) mass is 388 g/mol. The second kappa shape index (κ2) is 10.1. The number of rotatable bonds is 8. The van der Waals surface area contributed by atoms with Crippen molar-refractivity contribution in [2.75, 3.05) is 30.8 Å². The highest BCUT2D eigenvalue weighted by Crippen LogP contribution is 2.26. The van der Waals surface area contributed by atoms with Crippen molar-refractivity contribution in [2.45, 2.75) is 26.2 Å². The number of carbonyl (C=O) groups excluding carboxylic acids is 2. The first-order chi connectivity index (χ1) is 12.9. The smallest absolute Gasteiger partial charge is 0.279 e. The maximum absolute atomic E-state index is 12.4. The van der Waals surface area contributed by atoms with Crippen LogP contribution in [0.15, 0.2) is 48.5 Å². The summed E-state index contributed by atoms with van der Waals surface area (Å²) in [6.45, 7) is 4.64. The Morgan fingerprint density at radius 1 is 0.963 bits per heavy atom. The van der Waals surface area contributed by atoms with Crippen LogP contribution in [0.25, 0.3) is 0 Å². The molecule has 0 spiro atoms. The number of halogens is 1. The van der Waals surface area contributed by atoms with Crippen LogP contribution in [-0.2, 0) is 9.59 Å². The van der Waals surface area contributed by atoms with Gasteiger partial charge < -0.3 is 15.5 Å². The summed E-state index contributed by atoms with van der Waals surface area (Å²) in [5.74, 6) is 0.0650. The van der Waals surface area contributed by atoms with E-state index in [2.05, 4.69) is 24.5 Å². The van der Waals surface area contributed by atoms with Gasteiger partial charge >= 0.3 is 0 Å². The average Bonchev–Trinajstić information content (AvgIpc) is 2.63. The Morgan fingerprint density at radius 3 is 2.07 bits per heavy atom. The number of quaternary nitrogens is 1. The van der Waals surface area contributed by atoms with Gasteiger partial charge in [-0.25, -0.2) is 0 Å². The van der Waals surface area contributed by atoms with E-state index in [0.29, 0.717) is 16.6 Å². The summed E-state index contributed by atoms with van der Waals surface area (Å²) in [5.41, 5.74) is 2.54. The normalized spacial score (nSPS) is 12.9. The molecule has 0 aliphatic heterocycles. The van der Waals surface area contributed by atoms with Gasteiger partial charge in [0.25, 0.3) is 11.8 Å². The number of nitrogens with one attached hydrogen (secondary N) is 3. The first kappa shape index (κ1) is 20.9. The molecule has 0 aromatic heterocycles. The quantitative estimate of drug-likeness (QED) is 0.651. The van der Waals surface area contributed by atoms with E-state index < -0.39 is 0 Å². The molecule has 2 atom stereocenters. The van der Waals surface area contributed by atoms with Gasteiger partial charge in [0.1, 0.15) is 0 Å².